The van der Waals surface area contributed by atoms with E-state index in [2.05, 4.69) is 16.0 Å². The Morgan fingerprint density at radius 1 is 0.863 bits per heavy atom. The second kappa shape index (κ2) is 17.3. The van der Waals surface area contributed by atoms with Gasteiger partial charge in [0.1, 0.15) is 22.0 Å². The van der Waals surface area contributed by atoms with E-state index in [4.69, 9.17) is 9.47 Å². The van der Waals surface area contributed by atoms with E-state index in [1.165, 1.54) is 37.3 Å². The summed E-state index contributed by atoms with van der Waals surface area (Å²) in [6.07, 6.45) is 2.05. The third-order valence-corrected chi connectivity index (χ3v) is 10.0. The molecule has 1 unspecified atom stereocenters. The van der Waals surface area contributed by atoms with Crippen molar-refractivity contribution in [1.29, 1.82) is 0 Å². The van der Waals surface area contributed by atoms with Crippen molar-refractivity contribution < 1.29 is 28.7 Å². The number of thioether (sulfide) groups is 1. The van der Waals surface area contributed by atoms with Crippen LogP contribution in [0.2, 0.25) is 0 Å². The number of hydrogen-bond acceptors (Lipinski definition) is 8. The van der Waals surface area contributed by atoms with E-state index in [1.807, 2.05) is 61.7 Å². The molecular weight excluding hydrogens is 683 g/mol. The summed E-state index contributed by atoms with van der Waals surface area (Å²) >= 11 is 2.60. The number of carbonyl (C=O) groups excluding carboxylic acids is 4. The van der Waals surface area contributed by atoms with Gasteiger partial charge in [-0.1, -0.05) is 79.2 Å². The molecule has 3 amide bonds. The first-order valence-corrected chi connectivity index (χ1v) is 17.8. The molecule has 3 N–H and O–H groups in total. The van der Waals surface area contributed by atoms with E-state index >= 15 is 0 Å². The van der Waals surface area contributed by atoms with Crippen molar-refractivity contribution in [1.82, 2.24) is 5.32 Å². The van der Waals surface area contributed by atoms with Crippen LogP contribution in [0.25, 0.3) is 17.2 Å². The minimum atomic E-state index is -0.547. The largest absolute Gasteiger partial charge is 0.496 e. The molecule has 1 aromatic heterocycles. The van der Waals surface area contributed by atoms with Gasteiger partial charge in [-0.05, 0) is 61.4 Å². The molecule has 5 aromatic rings. The summed E-state index contributed by atoms with van der Waals surface area (Å²) in [5.41, 5.74) is 4.41. The van der Waals surface area contributed by atoms with Gasteiger partial charge < -0.3 is 25.4 Å². The van der Waals surface area contributed by atoms with Gasteiger partial charge in [0.2, 0.25) is 5.91 Å². The van der Waals surface area contributed by atoms with Crippen molar-refractivity contribution >= 4 is 63.6 Å². The fraction of sp³-hybridized carbons (Fsp3) is 0.150. The number of para-hydroxylation sites is 1. The van der Waals surface area contributed by atoms with Crippen molar-refractivity contribution in [2.24, 2.45) is 0 Å². The number of aryl methyl sites for hydroxylation is 1. The SMILES string of the molecule is CCC(Sc1cccc(NC(=O)/C(=C\c2ccccc2OC)NC(=O)c2ccccc2)c1)C(=O)Nc1scc(-c2ccc(C)cc2)c1C(=O)OC. The van der Waals surface area contributed by atoms with Crippen LogP contribution in [0.4, 0.5) is 10.7 Å². The number of nitrogens with one attached hydrogen (secondary N) is 3. The first-order valence-electron chi connectivity index (χ1n) is 16.1. The molecule has 1 heterocycles. The lowest BCUT2D eigenvalue weighted by Gasteiger charge is -2.16. The Hall–Kier alpha value is -5.65. The smallest absolute Gasteiger partial charge is 0.341 e. The van der Waals surface area contributed by atoms with E-state index < -0.39 is 23.0 Å². The van der Waals surface area contributed by atoms with E-state index in [-0.39, 0.29) is 11.6 Å². The van der Waals surface area contributed by atoms with Crippen molar-refractivity contribution in [3.05, 3.63) is 136 Å². The summed E-state index contributed by atoms with van der Waals surface area (Å²) in [7, 11) is 2.85. The molecule has 0 spiro atoms. The van der Waals surface area contributed by atoms with Crippen LogP contribution in [0.5, 0.6) is 5.75 Å². The summed E-state index contributed by atoms with van der Waals surface area (Å²) in [6.45, 7) is 3.89. The van der Waals surface area contributed by atoms with Crippen LogP contribution in [0.15, 0.2) is 119 Å². The van der Waals surface area contributed by atoms with Gasteiger partial charge in [0.15, 0.2) is 0 Å². The van der Waals surface area contributed by atoms with Gasteiger partial charge in [0, 0.05) is 32.7 Å². The Morgan fingerprint density at radius 3 is 2.29 bits per heavy atom. The van der Waals surface area contributed by atoms with E-state index in [0.717, 1.165) is 16.0 Å². The summed E-state index contributed by atoms with van der Waals surface area (Å²) in [4.78, 5) is 54.0. The second-order valence-corrected chi connectivity index (χ2v) is 13.5. The average Bonchev–Trinajstić information content (AvgIpc) is 3.57. The highest BCUT2D eigenvalue weighted by Gasteiger charge is 2.26. The van der Waals surface area contributed by atoms with Gasteiger partial charge in [-0.15, -0.1) is 23.1 Å². The summed E-state index contributed by atoms with van der Waals surface area (Å²) in [5, 5.41) is 10.3. The summed E-state index contributed by atoms with van der Waals surface area (Å²) in [6, 6.07) is 30.7. The van der Waals surface area contributed by atoms with E-state index in [0.29, 0.717) is 45.1 Å². The normalized spacial score (nSPS) is 11.6. The highest BCUT2D eigenvalue weighted by Crippen LogP contribution is 2.37. The number of esters is 1. The van der Waals surface area contributed by atoms with Crippen LogP contribution in [0.1, 0.15) is 45.2 Å². The average molecular weight is 720 g/mol. The zero-order chi connectivity index (χ0) is 36.3. The van der Waals surface area contributed by atoms with E-state index in [9.17, 15) is 19.2 Å². The van der Waals surface area contributed by atoms with Gasteiger partial charge in [0.05, 0.1) is 19.5 Å². The van der Waals surface area contributed by atoms with Crippen LogP contribution in [0, 0.1) is 6.92 Å². The number of anilines is 2. The van der Waals surface area contributed by atoms with E-state index in [1.54, 1.807) is 66.7 Å². The summed E-state index contributed by atoms with van der Waals surface area (Å²) < 4.78 is 10.5. The molecule has 0 aliphatic heterocycles. The Morgan fingerprint density at radius 2 is 1.59 bits per heavy atom. The highest BCUT2D eigenvalue weighted by atomic mass is 32.2. The third-order valence-electron chi connectivity index (χ3n) is 7.78. The Balaban J connectivity index is 1.33. The zero-order valence-electron chi connectivity index (χ0n) is 28.5. The standard InChI is InChI=1S/C40H37N3O6S2/c1-5-34(38(46)43-39-35(40(47)49-4)31(24-50-39)26-20-18-25(2)19-21-26)51-30-16-11-15-29(23-30)41-37(45)32(22-28-14-9-10-17-33(28)48-3)42-36(44)27-12-7-6-8-13-27/h6-24,34H,5H2,1-4H3,(H,41,45)(H,42,44)(H,43,46)/b32-22+. The fourth-order valence-electron chi connectivity index (χ4n) is 5.11. The molecule has 0 aliphatic carbocycles. The minimum absolute atomic E-state index is 0.0135. The molecule has 0 saturated heterocycles. The molecule has 260 valence electrons. The number of benzene rings is 4. The highest BCUT2D eigenvalue weighted by molar-refractivity contribution is 8.00. The zero-order valence-corrected chi connectivity index (χ0v) is 30.2. The first-order chi connectivity index (χ1) is 24.7. The van der Waals surface area contributed by atoms with Crippen LogP contribution in [0.3, 0.4) is 0 Å². The maximum atomic E-state index is 13.7. The molecule has 11 heteroatoms. The minimum Gasteiger partial charge on any atom is -0.496 e. The molecule has 0 aliphatic rings. The third kappa shape index (κ3) is 9.33. The Bertz CT molecular complexity index is 2060. The number of hydrogen-bond donors (Lipinski definition) is 3. The summed E-state index contributed by atoms with van der Waals surface area (Å²) in [5.74, 6) is -1.27. The van der Waals surface area contributed by atoms with Crippen LogP contribution in [-0.2, 0) is 14.3 Å². The molecular formula is C40H37N3O6S2. The number of thiophene rings is 1. The molecule has 0 saturated carbocycles. The topological polar surface area (TPSA) is 123 Å². The molecule has 51 heavy (non-hydrogen) atoms. The number of carbonyl (C=O) groups is 4. The van der Waals surface area contributed by atoms with Crippen molar-refractivity contribution in [3.8, 4) is 16.9 Å². The molecule has 1 atom stereocenters. The quantitative estimate of drug-likeness (QED) is 0.0634. The molecule has 0 fully saturated rings. The van der Waals surface area contributed by atoms with Crippen LogP contribution >= 0.6 is 23.1 Å². The van der Waals surface area contributed by atoms with Crippen LogP contribution in [-0.4, -0.2) is 43.2 Å². The van der Waals surface area contributed by atoms with Crippen molar-refractivity contribution in [3.63, 3.8) is 0 Å². The predicted molar refractivity (Wildman–Crippen MR) is 204 cm³/mol. The number of rotatable bonds is 13. The molecule has 0 radical (unpaired) electrons. The number of ether oxygens (including phenoxy) is 2. The number of methoxy groups -OCH3 is 2. The van der Waals surface area contributed by atoms with Gasteiger partial charge in [-0.2, -0.15) is 0 Å². The lowest BCUT2D eigenvalue weighted by atomic mass is 10.0. The fourth-order valence-corrected chi connectivity index (χ4v) is 7.08. The predicted octanol–water partition coefficient (Wildman–Crippen LogP) is 8.44. The number of amides is 3. The molecule has 4 aromatic carbocycles. The van der Waals surface area contributed by atoms with Gasteiger partial charge in [-0.3, -0.25) is 14.4 Å². The Kier molecular flexibility index (Phi) is 12.4. The van der Waals surface area contributed by atoms with Gasteiger partial charge in [-0.25, -0.2) is 4.79 Å². The molecule has 5 rings (SSSR count). The lowest BCUT2D eigenvalue weighted by molar-refractivity contribution is -0.116. The maximum absolute atomic E-state index is 13.7. The Labute approximate surface area is 305 Å². The van der Waals surface area contributed by atoms with Crippen molar-refractivity contribution in [2.75, 3.05) is 24.9 Å². The van der Waals surface area contributed by atoms with Gasteiger partial charge >= 0.3 is 5.97 Å². The maximum Gasteiger partial charge on any atom is 0.341 e. The van der Waals surface area contributed by atoms with Crippen molar-refractivity contribution in [2.45, 2.75) is 30.4 Å². The van der Waals surface area contributed by atoms with Gasteiger partial charge in [0.25, 0.3) is 11.8 Å². The second-order valence-electron chi connectivity index (χ2n) is 11.3. The molecule has 9 nitrogen and oxygen atoms in total. The lowest BCUT2D eigenvalue weighted by Crippen LogP contribution is -2.30. The first kappa shape index (κ1) is 36.6. The molecule has 0 bridgehead atoms. The monoisotopic (exact) mass is 719 g/mol. The van der Waals surface area contributed by atoms with Crippen LogP contribution < -0.4 is 20.7 Å².